The van der Waals surface area contributed by atoms with Gasteiger partial charge in [0, 0.05) is 36.6 Å². The van der Waals surface area contributed by atoms with Gasteiger partial charge in [0.15, 0.2) is 0 Å². The van der Waals surface area contributed by atoms with E-state index in [0.29, 0.717) is 5.69 Å². The molecule has 1 aromatic heterocycles. The molecule has 1 aliphatic heterocycles. The molecule has 0 radical (unpaired) electrons. The molecule has 27 heavy (non-hydrogen) atoms. The summed E-state index contributed by atoms with van der Waals surface area (Å²) in [6, 6.07) is 10.0. The number of nitrogens with one attached hydrogen (secondary N) is 3. The minimum atomic E-state index is -0.141. The van der Waals surface area contributed by atoms with E-state index in [1.807, 2.05) is 41.9 Å². The SMILES string of the molecule is Cn1c(C(=O)N[C@H]2CCCC[C@H]2C(=O)NC2CCNC2)cc2ccccc21. The summed E-state index contributed by atoms with van der Waals surface area (Å²) < 4.78 is 1.92. The quantitative estimate of drug-likeness (QED) is 0.772. The number of benzene rings is 1. The van der Waals surface area contributed by atoms with Crippen molar-refractivity contribution < 1.29 is 9.59 Å². The number of para-hydroxylation sites is 1. The normalized spacial score (nSPS) is 25.4. The topological polar surface area (TPSA) is 75.2 Å². The zero-order valence-corrected chi connectivity index (χ0v) is 15.8. The van der Waals surface area contributed by atoms with Crippen LogP contribution in [0.15, 0.2) is 30.3 Å². The number of aryl methyl sites for hydroxylation is 1. The molecular formula is C21H28N4O2. The van der Waals surface area contributed by atoms with E-state index in [4.69, 9.17) is 0 Å². The number of carbonyl (C=O) groups excluding carboxylic acids is 2. The molecule has 1 aliphatic carbocycles. The molecule has 1 unspecified atom stereocenters. The minimum Gasteiger partial charge on any atom is -0.352 e. The lowest BCUT2D eigenvalue weighted by Gasteiger charge is -2.32. The Kier molecular flexibility index (Phi) is 5.16. The number of fused-ring (bicyclic) bond motifs is 1. The number of amides is 2. The molecular weight excluding hydrogens is 340 g/mol. The Morgan fingerprint density at radius 3 is 2.70 bits per heavy atom. The highest BCUT2D eigenvalue weighted by Crippen LogP contribution is 2.26. The summed E-state index contributed by atoms with van der Waals surface area (Å²) in [5.41, 5.74) is 1.68. The molecule has 0 spiro atoms. The van der Waals surface area contributed by atoms with Gasteiger partial charge in [-0.05, 0) is 37.9 Å². The first-order valence-electron chi connectivity index (χ1n) is 10.00. The summed E-state index contributed by atoms with van der Waals surface area (Å²) in [4.78, 5) is 25.7. The van der Waals surface area contributed by atoms with Crippen LogP contribution in [0.5, 0.6) is 0 Å². The van der Waals surface area contributed by atoms with Gasteiger partial charge in [0.25, 0.3) is 5.91 Å². The average molecular weight is 368 g/mol. The van der Waals surface area contributed by atoms with Crippen molar-refractivity contribution in [3.8, 4) is 0 Å². The zero-order valence-electron chi connectivity index (χ0n) is 15.8. The summed E-state index contributed by atoms with van der Waals surface area (Å²) in [6.45, 7) is 1.79. The second-order valence-corrected chi connectivity index (χ2v) is 7.82. The fourth-order valence-electron chi connectivity index (χ4n) is 4.45. The maximum Gasteiger partial charge on any atom is 0.268 e. The van der Waals surface area contributed by atoms with Crippen molar-refractivity contribution in [1.82, 2.24) is 20.5 Å². The van der Waals surface area contributed by atoms with Crippen LogP contribution in [0, 0.1) is 5.92 Å². The Hall–Kier alpha value is -2.34. The number of rotatable bonds is 4. The van der Waals surface area contributed by atoms with Crippen LogP contribution in [-0.2, 0) is 11.8 Å². The van der Waals surface area contributed by atoms with E-state index in [1.54, 1.807) is 0 Å². The van der Waals surface area contributed by atoms with Gasteiger partial charge in [0.1, 0.15) is 5.69 Å². The first kappa shape index (κ1) is 18.0. The molecule has 144 valence electrons. The van der Waals surface area contributed by atoms with E-state index < -0.39 is 0 Å². The molecule has 6 heteroatoms. The van der Waals surface area contributed by atoms with Gasteiger partial charge < -0.3 is 20.5 Å². The lowest BCUT2D eigenvalue weighted by Crippen LogP contribution is -2.50. The lowest BCUT2D eigenvalue weighted by atomic mass is 9.83. The van der Waals surface area contributed by atoms with Gasteiger partial charge in [0.2, 0.25) is 5.91 Å². The molecule has 2 heterocycles. The highest BCUT2D eigenvalue weighted by atomic mass is 16.2. The molecule has 2 amide bonds. The summed E-state index contributed by atoms with van der Waals surface area (Å²) in [5.74, 6) is -0.148. The van der Waals surface area contributed by atoms with Crippen molar-refractivity contribution >= 4 is 22.7 Å². The highest BCUT2D eigenvalue weighted by Gasteiger charge is 2.33. The van der Waals surface area contributed by atoms with Crippen molar-refractivity contribution in [3.63, 3.8) is 0 Å². The molecule has 1 saturated heterocycles. The molecule has 1 aromatic carbocycles. The van der Waals surface area contributed by atoms with Crippen LogP contribution < -0.4 is 16.0 Å². The van der Waals surface area contributed by atoms with Gasteiger partial charge in [0.05, 0.1) is 5.92 Å². The van der Waals surface area contributed by atoms with Gasteiger partial charge in [-0.25, -0.2) is 0 Å². The monoisotopic (exact) mass is 368 g/mol. The van der Waals surface area contributed by atoms with Crippen LogP contribution in [0.2, 0.25) is 0 Å². The molecule has 0 bridgehead atoms. The molecule has 6 nitrogen and oxygen atoms in total. The summed E-state index contributed by atoms with van der Waals surface area (Å²) >= 11 is 0. The summed E-state index contributed by atoms with van der Waals surface area (Å²) in [5, 5.41) is 10.7. The Labute approximate surface area is 159 Å². The van der Waals surface area contributed by atoms with E-state index in [2.05, 4.69) is 16.0 Å². The van der Waals surface area contributed by atoms with E-state index in [9.17, 15) is 9.59 Å². The van der Waals surface area contributed by atoms with Crippen molar-refractivity contribution in [3.05, 3.63) is 36.0 Å². The molecule has 2 aliphatic rings. The van der Waals surface area contributed by atoms with E-state index in [1.165, 1.54) is 0 Å². The van der Waals surface area contributed by atoms with Crippen LogP contribution in [0.25, 0.3) is 10.9 Å². The Morgan fingerprint density at radius 1 is 1.11 bits per heavy atom. The number of hydrogen-bond acceptors (Lipinski definition) is 3. The zero-order chi connectivity index (χ0) is 18.8. The second-order valence-electron chi connectivity index (χ2n) is 7.82. The lowest BCUT2D eigenvalue weighted by molar-refractivity contribution is -0.127. The van der Waals surface area contributed by atoms with Gasteiger partial charge in [-0.1, -0.05) is 31.0 Å². The van der Waals surface area contributed by atoms with Gasteiger partial charge in [-0.3, -0.25) is 9.59 Å². The minimum absolute atomic E-state index is 0.0887. The molecule has 2 fully saturated rings. The van der Waals surface area contributed by atoms with E-state index in [0.717, 1.165) is 56.1 Å². The second kappa shape index (κ2) is 7.72. The smallest absolute Gasteiger partial charge is 0.268 e. The number of hydrogen-bond donors (Lipinski definition) is 3. The van der Waals surface area contributed by atoms with Crippen LogP contribution in [0.1, 0.15) is 42.6 Å². The summed E-state index contributed by atoms with van der Waals surface area (Å²) in [6.07, 6.45) is 4.77. The molecule has 3 atom stereocenters. The molecule has 4 rings (SSSR count). The Balaban J connectivity index is 1.47. The number of carbonyl (C=O) groups is 2. The number of aromatic nitrogens is 1. The maximum atomic E-state index is 12.9. The molecule has 1 saturated carbocycles. The predicted octanol–water partition coefficient (Wildman–Crippen LogP) is 1.95. The first-order valence-corrected chi connectivity index (χ1v) is 10.00. The van der Waals surface area contributed by atoms with Crippen LogP contribution in [-0.4, -0.2) is 41.6 Å². The third-order valence-corrected chi connectivity index (χ3v) is 6.01. The Morgan fingerprint density at radius 2 is 1.93 bits per heavy atom. The van der Waals surface area contributed by atoms with Crippen molar-refractivity contribution in [1.29, 1.82) is 0 Å². The third-order valence-electron chi connectivity index (χ3n) is 6.01. The predicted molar refractivity (Wildman–Crippen MR) is 106 cm³/mol. The van der Waals surface area contributed by atoms with Gasteiger partial charge in [-0.15, -0.1) is 0 Å². The first-order chi connectivity index (χ1) is 13.1. The van der Waals surface area contributed by atoms with Crippen LogP contribution in [0.3, 0.4) is 0 Å². The fraction of sp³-hybridized carbons (Fsp3) is 0.524. The summed E-state index contributed by atoms with van der Waals surface area (Å²) in [7, 11) is 1.91. The molecule has 2 aromatic rings. The largest absolute Gasteiger partial charge is 0.352 e. The van der Waals surface area contributed by atoms with Gasteiger partial charge >= 0.3 is 0 Å². The van der Waals surface area contributed by atoms with Crippen LogP contribution in [0.4, 0.5) is 0 Å². The Bertz CT molecular complexity index is 838. The van der Waals surface area contributed by atoms with Gasteiger partial charge in [-0.2, -0.15) is 0 Å². The van der Waals surface area contributed by atoms with Crippen molar-refractivity contribution in [2.45, 2.75) is 44.2 Å². The highest BCUT2D eigenvalue weighted by molar-refractivity contribution is 5.99. The maximum absolute atomic E-state index is 12.9. The molecule has 3 N–H and O–H groups in total. The average Bonchev–Trinajstić information content (AvgIpc) is 3.30. The van der Waals surface area contributed by atoms with E-state index in [-0.39, 0.29) is 29.8 Å². The van der Waals surface area contributed by atoms with E-state index >= 15 is 0 Å². The number of nitrogens with zero attached hydrogens (tertiary/aromatic N) is 1. The van der Waals surface area contributed by atoms with Crippen LogP contribution >= 0.6 is 0 Å². The fourth-order valence-corrected chi connectivity index (χ4v) is 4.45. The third kappa shape index (κ3) is 3.72. The van der Waals surface area contributed by atoms with Crippen molar-refractivity contribution in [2.75, 3.05) is 13.1 Å². The standard InChI is InChI=1S/C21H28N4O2/c1-25-18-9-5-2-6-14(18)12-19(25)21(27)24-17-8-4-3-7-16(17)20(26)23-15-10-11-22-13-15/h2,5-6,9,12,15-17,22H,3-4,7-8,10-11,13H2,1H3,(H,23,26)(H,24,27)/t15?,16-,17+/m1/s1. The van der Waals surface area contributed by atoms with Crippen molar-refractivity contribution in [2.24, 2.45) is 13.0 Å².